The number of aryl methyl sites for hydroxylation is 1. The maximum atomic E-state index is 7.13. The lowest BCUT2D eigenvalue weighted by Gasteiger charge is -2.62. The minimum Gasteiger partial charge on any atom is -0.457 e. The number of nitrogens with zero attached hydrogens (tertiary/aromatic N) is 4. The highest BCUT2D eigenvalue weighted by Crippen LogP contribution is 2.65. The minimum atomic E-state index is -0.119. The minimum absolute atomic E-state index is 0.0145. The molecule has 8 aromatic rings. The maximum Gasteiger partial charge on any atom is 0.137 e. The molecular formula is C65H70N4O. The molecule has 6 aromatic carbocycles. The van der Waals surface area contributed by atoms with Crippen LogP contribution in [-0.4, -0.2) is 16.2 Å². The van der Waals surface area contributed by atoms with Crippen molar-refractivity contribution in [2.45, 2.75) is 123 Å². The summed E-state index contributed by atoms with van der Waals surface area (Å²) in [5.74, 6) is 5.63. The fourth-order valence-corrected chi connectivity index (χ4v) is 14.0. The second-order valence-electron chi connectivity index (χ2n) is 24.7. The van der Waals surface area contributed by atoms with E-state index < -0.39 is 0 Å². The highest BCUT2D eigenvalue weighted by Gasteiger charge is 2.58. The Bertz CT molecular complexity index is 3260. The summed E-state index contributed by atoms with van der Waals surface area (Å²) in [6, 6.07) is 52.6. The Labute approximate surface area is 416 Å². The molecule has 0 spiro atoms. The monoisotopic (exact) mass is 923 g/mol. The largest absolute Gasteiger partial charge is 0.457 e. The van der Waals surface area contributed by atoms with Crippen LogP contribution in [0.15, 0.2) is 146 Å². The summed E-state index contributed by atoms with van der Waals surface area (Å²) in [7, 11) is 0. The lowest BCUT2D eigenvalue weighted by atomic mass is 9.42. The molecule has 356 valence electrons. The van der Waals surface area contributed by atoms with Gasteiger partial charge in [-0.3, -0.25) is 4.57 Å². The van der Waals surface area contributed by atoms with Crippen molar-refractivity contribution in [2.75, 3.05) is 16.5 Å². The van der Waals surface area contributed by atoms with Gasteiger partial charge in [-0.25, -0.2) is 4.98 Å². The quantitative estimate of drug-likeness (QED) is 0.159. The fraction of sp³-hybridized carbons (Fsp3) is 0.369. The van der Waals surface area contributed by atoms with Crippen LogP contribution in [0.4, 0.5) is 22.7 Å². The summed E-state index contributed by atoms with van der Waals surface area (Å²) in [6.07, 6.45) is 8.85. The van der Waals surface area contributed by atoms with Crippen molar-refractivity contribution in [2.24, 2.45) is 23.7 Å². The summed E-state index contributed by atoms with van der Waals surface area (Å²) < 4.78 is 9.53. The van der Waals surface area contributed by atoms with Crippen LogP contribution in [0.25, 0.3) is 27.6 Å². The standard InChI is InChI=1S/C65H70N4O/c1-41-22-24-44(25-23-41)65(47-31-42-30-43(33-47)34-48(65)32-42)45-28-29-66-60(37-45)69-56-19-12-11-16-52(56)53-27-26-50(39-59(53)69)70-51-36-46(62(2,3)4)35-49(38-51)67-40-68(58-21-14-13-20-57(58)67)61-54(63(5,6)7)17-15-18-55(61)64(8,9)10/h11-29,35-39,42-43,47-48H,30-34,40H2,1-10H3. The third-order valence-electron chi connectivity index (χ3n) is 17.0. The topological polar surface area (TPSA) is 33.5 Å². The Morgan fingerprint density at radius 3 is 1.81 bits per heavy atom. The average molecular weight is 923 g/mol. The molecule has 13 rings (SSSR count). The summed E-state index contributed by atoms with van der Waals surface area (Å²) in [5.41, 5.74) is 15.1. The number of anilines is 4. The Morgan fingerprint density at radius 2 is 1.16 bits per heavy atom. The first-order valence-corrected chi connectivity index (χ1v) is 26.1. The highest BCUT2D eigenvalue weighted by atomic mass is 16.5. The molecule has 1 aliphatic heterocycles. The number of benzene rings is 6. The van der Waals surface area contributed by atoms with Gasteiger partial charge in [-0.1, -0.05) is 141 Å². The van der Waals surface area contributed by atoms with Gasteiger partial charge in [0.05, 0.1) is 28.1 Å². The average Bonchev–Trinajstić information content (AvgIpc) is 3.87. The van der Waals surface area contributed by atoms with Gasteiger partial charge >= 0.3 is 0 Å². The number of para-hydroxylation sites is 4. The Kier molecular flexibility index (Phi) is 10.3. The van der Waals surface area contributed by atoms with E-state index in [1.807, 2.05) is 0 Å². The van der Waals surface area contributed by atoms with Crippen LogP contribution in [-0.2, 0) is 21.7 Å². The second kappa shape index (κ2) is 16.1. The van der Waals surface area contributed by atoms with Crippen LogP contribution in [0.3, 0.4) is 0 Å². The van der Waals surface area contributed by atoms with Gasteiger partial charge in [-0.2, -0.15) is 0 Å². The zero-order valence-corrected chi connectivity index (χ0v) is 43.1. The van der Waals surface area contributed by atoms with Crippen molar-refractivity contribution in [1.82, 2.24) is 9.55 Å². The van der Waals surface area contributed by atoms with E-state index in [1.165, 1.54) is 93.3 Å². The molecule has 2 aromatic heterocycles. The molecule has 0 atom stereocenters. The lowest BCUT2D eigenvalue weighted by Crippen LogP contribution is -2.56. The van der Waals surface area contributed by atoms with E-state index in [4.69, 9.17) is 9.72 Å². The van der Waals surface area contributed by atoms with E-state index in [9.17, 15) is 0 Å². The molecule has 4 bridgehead atoms. The normalized spacial score (nSPS) is 22.1. The first kappa shape index (κ1) is 44.8. The van der Waals surface area contributed by atoms with Gasteiger partial charge in [-0.05, 0) is 161 Å². The molecule has 4 saturated carbocycles. The van der Waals surface area contributed by atoms with Crippen molar-refractivity contribution in [3.05, 3.63) is 179 Å². The molecule has 0 saturated heterocycles. The third-order valence-corrected chi connectivity index (χ3v) is 17.0. The molecule has 4 aliphatic carbocycles. The summed E-state index contributed by atoms with van der Waals surface area (Å²) >= 11 is 0. The van der Waals surface area contributed by atoms with Gasteiger partial charge in [-0.15, -0.1) is 0 Å². The molecule has 5 nitrogen and oxygen atoms in total. The molecule has 3 heterocycles. The van der Waals surface area contributed by atoms with Crippen LogP contribution < -0.4 is 14.5 Å². The Morgan fingerprint density at radius 1 is 0.529 bits per heavy atom. The van der Waals surface area contributed by atoms with Gasteiger partial charge < -0.3 is 14.5 Å². The van der Waals surface area contributed by atoms with E-state index in [-0.39, 0.29) is 21.7 Å². The van der Waals surface area contributed by atoms with E-state index in [0.717, 1.165) is 45.9 Å². The first-order valence-electron chi connectivity index (χ1n) is 26.1. The van der Waals surface area contributed by atoms with Crippen molar-refractivity contribution in [3.8, 4) is 17.3 Å². The predicted octanol–water partition coefficient (Wildman–Crippen LogP) is 17.2. The Balaban J connectivity index is 0.958. The lowest BCUT2D eigenvalue weighted by molar-refractivity contribution is -0.0418. The van der Waals surface area contributed by atoms with Gasteiger partial charge in [0.15, 0.2) is 0 Å². The van der Waals surface area contributed by atoms with Crippen LogP contribution in [0.1, 0.15) is 128 Å². The van der Waals surface area contributed by atoms with Crippen molar-refractivity contribution in [3.63, 3.8) is 0 Å². The molecule has 0 unspecified atom stereocenters. The number of hydrogen-bond acceptors (Lipinski definition) is 4. The molecular weight excluding hydrogens is 853 g/mol. The zero-order valence-electron chi connectivity index (χ0n) is 43.1. The van der Waals surface area contributed by atoms with Crippen LogP contribution in [0, 0.1) is 30.6 Å². The van der Waals surface area contributed by atoms with Crippen LogP contribution in [0.5, 0.6) is 11.5 Å². The van der Waals surface area contributed by atoms with Crippen LogP contribution in [0.2, 0.25) is 0 Å². The van der Waals surface area contributed by atoms with Crippen LogP contribution >= 0.6 is 0 Å². The fourth-order valence-electron chi connectivity index (χ4n) is 14.0. The molecule has 0 N–H and O–H groups in total. The molecule has 0 radical (unpaired) electrons. The van der Waals surface area contributed by atoms with Gasteiger partial charge in [0.1, 0.15) is 24.0 Å². The van der Waals surface area contributed by atoms with E-state index in [2.05, 4.69) is 229 Å². The Hall–Kier alpha value is -6.33. The molecule has 5 aliphatic rings. The summed E-state index contributed by atoms with van der Waals surface area (Å²) in [4.78, 5) is 10.3. The molecule has 70 heavy (non-hydrogen) atoms. The number of ether oxygens (including phenoxy) is 1. The van der Waals surface area contributed by atoms with Crippen molar-refractivity contribution < 1.29 is 4.74 Å². The maximum absolute atomic E-state index is 7.13. The van der Waals surface area contributed by atoms with Gasteiger partial charge in [0.25, 0.3) is 0 Å². The SMILES string of the molecule is Cc1ccc(C2(c3ccnc(-n4c5ccccc5c5ccc(Oc6cc(N7CN(c8c(C(C)(C)C)cccc8C(C)(C)C)c8ccccc87)cc(C(C)(C)C)c6)cc54)c3)C3CC4CC(C3)CC2C4)cc1. The highest BCUT2D eigenvalue weighted by molar-refractivity contribution is 6.09. The van der Waals surface area contributed by atoms with E-state index >= 15 is 0 Å². The number of rotatable bonds is 7. The van der Waals surface area contributed by atoms with Gasteiger partial charge in [0, 0.05) is 40.2 Å². The smallest absolute Gasteiger partial charge is 0.137 e. The summed E-state index contributed by atoms with van der Waals surface area (Å²) in [6.45, 7) is 23.8. The molecule has 0 amide bonds. The number of fused-ring (bicyclic) bond motifs is 4. The number of hydrogen-bond donors (Lipinski definition) is 0. The predicted molar refractivity (Wildman–Crippen MR) is 292 cm³/mol. The third kappa shape index (κ3) is 7.27. The number of pyridine rings is 1. The van der Waals surface area contributed by atoms with E-state index in [1.54, 1.807) is 0 Å². The van der Waals surface area contributed by atoms with Gasteiger partial charge in [0.2, 0.25) is 0 Å². The molecule has 5 heteroatoms. The van der Waals surface area contributed by atoms with E-state index in [0.29, 0.717) is 18.5 Å². The van der Waals surface area contributed by atoms with Crippen molar-refractivity contribution in [1.29, 1.82) is 0 Å². The summed E-state index contributed by atoms with van der Waals surface area (Å²) in [5, 5.41) is 2.41. The second-order valence-corrected chi connectivity index (χ2v) is 24.7. The number of aromatic nitrogens is 2. The first-order chi connectivity index (χ1) is 33.4. The van der Waals surface area contributed by atoms with Crippen molar-refractivity contribution >= 4 is 44.6 Å². The zero-order chi connectivity index (χ0) is 48.5. The molecule has 4 fully saturated rings.